The standard InChI is InChI=1S/C22H34N2O6/c1-21(2,3)29-19(27)10-11-23(20(28)30-22(4,5)6)14-18(26)24-12-9-15-13-16(25)7-8-17(15)24/h7,13,17,25H,8-12,14H2,1-6H3. The third-order valence-corrected chi connectivity index (χ3v) is 4.63. The van der Waals surface area contributed by atoms with E-state index in [1.54, 1.807) is 58.6 Å². The molecular weight excluding hydrogens is 388 g/mol. The Labute approximate surface area is 178 Å². The predicted octanol–water partition coefficient (Wildman–Crippen LogP) is 3.33. The Morgan fingerprint density at radius 2 is 1.77 bits per heavy atom. The molecular formula is C22H34N2O6. The van der Waals surface area contributed by atoms with Crippen LogP contribution in [0.25, 0.3) is 0 Å². The van der Waals surface area contributed by atoms with Crippen molar-refractivity contribution in [3.63, 3.8) is 0 Å². The highest BCUT2D eigenvalue weighted by atomic mass is 16.6. The molecule has 8 heteroatoms. The van der Waals surface area contributed by atoms with Crippen molar-refractivity contribution < 1.29 is 29.0 Å². The Morgan fingerprint density at radius 1 is 1.13 bits per heavy atom. The molecule has 30 heavy (non-hydrogen) atoms. The van der Waals surface area contributed by atoms with Crippen LogP contribution in [0.4, 0.5) is 4.79 Å². The van der Waals surface area contributed by atoms with Gasteiger partial charge in [0.1, 0.15) is 23.5 Å². The molecule has 168 valence electrons. The van der Waals surface area contributed by atoms with Gasteiger partial charge in [0.2, 0.25) is 5.91 Å². The summed E-state index contributed by atoms with van der Waals surface area (Å²) in [5.41, 5.74) is -0.331. The van der Waals surface area contributed by atoms with Crippen molar-refractivity contribution in [1.82, 2.24) is 9.80 Å². The quantitative estimate of drug-likeness (QED) is 0.683. The highest BCUT2D eigenvalue weighted by molar-refractivity contribution is 5.84. The van der Waals surface area contributed by atoms with Gasteiger partial charge < -0.3 is 19.5 Å². The van der Waals surface area contributed by atoms with Gasteiger partial charge in [-0.25, -0.2) is 4.79 Å². The Kier molecular flexibility index (Phi) is 7.21. The van der Waals surface area contributed by atoms with Crippen LogP contribution in [0.3, 0.4) is 0 Å². The number of aliphatic hydroxyl groups is 1. The molecule has 0 aromatic rings. The van der Waals surface area contributed by atoms with E-state index < -0.39 is 23.3 Å². The normalized spacial score (nSPS) is 18.9. The zero-order chi connectivity index (χ0) is 22.7. The fourth-order valence-electron chi connectivity index (χ4n) is 3.43. The highest BCUT2D eigenvalue weighted by Gasteiger charge is 2.35. The molecule has 1 aliphatic heterocycles. The van der Waals surface area contributed by atoms with E-state index in [4.69, 9.17) is 9.47 Å². The van der Waals surface area contributed by atoms with E-state index in [2.05, 4.69) is 0 Å². The summed E-state index contributed by atoms with van der Waals surface area (Å²) < 4.78 is 10.7. The van der Waals surface area contributed by atoms with Gasteiger partial charge in [0.05, 0.1) is 12.5 Å². The van der Waals surface area contributed by atoms with E-state index in [-0.39, 0.29) is 37.2 Å². The summed E-state index contributed by atoms with van der Waals surface area (Å²) in [4.78, 5) is 40.7. The van der Waals surface area contributed by atoms with Gasteiger partial charge in [0.25, 0.3) is 0 Å². The number of aliphatic hydroxyl groups excluding tert-OH is 1. The maximum atomic E-state index is 13.0. The topological polar surface area (TPSA) is 96.4 Å². The van der Waals surface area contributed by atoms with E-state index in [9.17, 15) is 19.5 Å². The van der Waals surface area contributed by atoms with Gasteiger partial charge in [-0.3, -0.25) is 14.5 Å². The molecule has 2 amide bonds. The summed E-state index contributed by atoms with van der Waals surface area (Å²) in [6, 6.07) is -0.0975. The molecule has 0 aromatic carbocycles. The lowest BCUT2D eigenvalue weighted by molar-refractivity contribution is -0.155. The summed E-state index contributed by atoms with van der Waals surface area (Å²) in [6.07, 6.45) is 3.96. The predicted molar refractivity (Wildman–Crippen MR) is 112 cm³/mol. The van der Waals surface area contributed by atoms with Gasteiger partial charge in [-0.1, -0.05) is 0 Å². The monoisotopic (exact) mass is 422 g/mol. The molecule has 8 nitrogen and oxygen atoms in total. The lowest BCUT2D eigenvalue weighted by atomic mass is 9.99. The van der Waals surface area contributed by atoms with Gasteiger partial charge in [0, 0.05) is 13.1 Å². The molecule has 0 saturated carbocycles. The average Bonchev–Trinajstić information content (AvgIpc) is 2.98. The number of amides is 2. The van der Waals surface area contributed by atoms with Crippen LogP contribution in [0.2, 0.25) is 0 Å². The van der Waals surface area contributed by atoms with Crippen LogP contribution in [0, 0.1) is 0 Å². The number of carbonyl (C=O) groups excluding carboxylic acids is 3. The zero-order valence-electron chi connectivity index (χ0n) is 18.9. The number of carbonyl (C=O) groups is 3. The molecule has 0 aromatic heterocycles. The smallest absolute Gasteiger partial charge is 0.410 e. The molecule has 1 saturated heterocycles. The van der Waals surface area contributed by atoms with Crippen LogP contribution < -0.4 is 0 Å². The first-order valence-corrected chi connectivity index (χ1v) is 10.3. The van der Waals surface area contributed by atoms with Crippen molar-refractivity contribution in [3.05, 3.63) is 23.5 Å². The second-order valence-electron chi connectivity index (χ2n) is 9.68. The van der Waals surface area contributed by atoms with Crippen LogP contribution in [0.5, 0.6) is 0 Å². The maximum Gasteiger partial charge on any atom is 0.410 e. The molecule has 1 fully saturated rings. The minimum absolute atomic E-state index is 0.0253. The number of esters is 1. The van der Waals surface area contributed by atoms with Gasteiger partial charge in [0.15, 0.2) is 0 Å². The molecule has 0 spiro atoms. The molecule has 0 bridgehead atoms. The lowest BCUT2D eigenvalue weighted by Crippen LogP contribution is -2.47. The first-order chi connectivity index (χ1) is 13.7. The summed E-state index contributed by atoms with van der Waals surface area (Å²) >= 11 is 0. The summed E-state index contributed by atoms with van der Waals surface area (Å²) in [5, 5.41) is 9.68. The lowest BCUT2D eigenvalue weighted by Gasteiger charge is -2.31. The molecule has 1 heterocycles. The van der Waals surface area contributed by atoms with Crippen molar-refractivity contribution in [2.45, 2.75) is 78.0 Å². The van der Waals surface area contributed by atoms with Crippen LogP contribution in [0.1, 0.15) is 60.8 Å². The molecule has 2 rings (SSSR count). The van der Waals surface area contributed by atoms with Crippen LogP contribution in [-0.4, -0.2) is 69.8 Å². The van der Waals surface area contributed by atoms with Crippen molar-refractivity contribution in [1.29, 1.82) is 0 Å². The Balaban J connectivity index is 2.05. The number of likely N-dealkylation sites (tertiary alicyclic amines) is 1. The number of hydrogen-bond donors (Lipinski definition) is 1. The number of ether oxygens (including phenoxy) is 2. The van der Waals surface area contributed by atoms with Crippen molar-refractivity contribution in [2.75, 3.05) is 19.6 Å². The largest absolute Gasteiger partial charge is 0.508 e. The first-order valence-electron chi connectivity index (χ1n) is 10.3. The molecule has 2 aliphatic rings. The summed E-state index contributed by atoms with van der Waals surface area (Å²) in [5.74, 6) is -0.431. The minimum atomic E-state index is -0.723. The Morgan fingerprint density at radius 3 is 2.37 bits per heavy atom. The van der Waals surface area contributed by atoms with E-state index >= 15 is 0 Å². The summed E-state index contributed by atoms with van der Waals surface area (Å²) in [6.45, 7) is 10.9. The fraction of sp³-hybridized carbons (Fsp3) is 0.682. The Hall–Kier alpha value is -2.51. The number of allylic oxidation sites excluding steroid dienone is 1. The summed E-state index contributed by atoms with van der Waals surface area (Å²) in [7, 11) is 0. The van der Waals surface area contributed by atoms with Gasteiger partial charge in [-0.15, -0.1) is 0 Å². The van der Waals surface area contributed by atoms with Crippen LogP contribution in [0.15, 0.2) is 23.5 Å². The van der Waals surface area contributed by atoms with E-state index in [1.807, 2.05) is 0 Å². The zero-order valence-corrected chi connectivity index (χ0v) is 18.9. The minimum Gasteiger partial charge on any atom is -0.508 e. The van der Waals surface area contributed by atoms with Gasteiger partial charge in [-0.2, -0.15) is 0 Å². The molecule has 0 radical (unpaired) electrons. The SMILES string of the molecule is CC(C)(C)OC(=O)CCN(CC(=O)N1CCC2=CC(O)=CCC21)C(=O)OC(C)(C)C. The molecule has 1 aliphatic carbocycles. The fourth-order valence-corrected chi connectivity index (χ4v) is 3.43. The highest BCUT2D eigenvalue weighted by Crippen LogP contribution is 2.31. The third-order valence-electron chi connectivity index (χ3n) is 4.63. The van der Waals surface area contributed by atoms with Gasteiger partial charge >= 0.3 is 12.1 Å². The number of rotatable bonds is 5. The van der Waals surface area contributed by atoms with E-state index in [0.717, 1.165) is 5.57 Å². The number of nitrogens with zero attached hydrogens (tertiary/aromatic N) is 2. The molecule has 1 atom stereocenters. The van der Waals surface area contributed by atoms with Gasteiger partial charge in [-0.05, 0) is 72.1 Å². The van der Waals surface area contributed by atoms with E-state index in [0.29, 0.717) is 19.4 Å². The second-order valence-corrected chi connectivity index (χ2v) is 9.68. The van der Waals surface area contributed by atoms with Crippen LogP contribution in [-0.2, 0) is 19.1 Å². The third kappa shape index (κ3) is 7.07. The number of hydrogen-bond acceptors (Lipinski definition) is 6. The van der Waals surface area contributed by atoms with Crippen molar-refractivity contribution >= 4 is 18.0 Å². The molecule has 1 N–H and O–H groups in total. The van der Waals surface area contributed by atoms with Crippen molar-refractivity contribution in [3.8, 4) is 0 Å². The second kappa shape index (κ2) is 9.10. The van der Waals surface area contributed by atoms with Crippen molar-refractivity contribution in [2.24, 2.45) is 0 Å². The first kappa shape index (κ1) is 23.8. The van der Waals surface area contributed by atoms with E-state index in [1.165, 1.54) is 4.90 Å². The average molecular weight is 423 g/mol. The maximum absolute atomic E-state index is 13.0. The van der Waals surface area contributed by atoms with Crippen LogP contribution >= 0.6 is 0 Å². The number of fused-ring (bicyclic) bond motifs is 1. The molecule has 1 unspecified atom stereocenters. The Bertz CT molecular complexity index is 742.